The molecule has 64 valence electrons. The van der Waals surface area contributed by atoms with Crippen LogP contribution in [0, 0.1) is 0 Å². The minimum atomic E-state index is 0.128. The summed E-state index contributed by atoms with van der Waals surface area (Å²) in [6.45, 7) is 6.28. The third-order valence-electron chi connectivity index (χ3n) is 1.26. The highest BCUT2D eigenvalue weighted by Gasteiger charge is 2.05. The fourth-order valence-corrected chi connectivity index (χ4v) is 0.971. The van der Waals surface area contributed by atoms with E-state index in [2.05, 4.69) is 19.2 Å². The van der Waals surface area contributed by atoms with Gasteiger partial charge in [0, 0.05) is 20.0 Å². The van der Waals surface area contributed by atoms with Crippen molar-refractivity contribution in [2.24, 2.45) is 0 Å². The summed E-state index contributed by atoms with van der Waals surface area (Å²) in [5.41, 5.74) is 1.00. The lowest BCUT2D eigenvalue weighted by atomic mass is 10.3. The number of likely N-dealkylation sites (N-methyl/N-ethyl adjacent to an activating group) is 1. The van der Waals surface area contributed by atoms with Gasteiger partial charge in [0.05, 0.1) is 0 Å². The maximum atomic E-state index is 11.1. The van der Waals surface area contributed by atoms with E-state index in [0.29, 0.717) is 18.7 Å². The molecule has 3 heteroatoms. The standard InChI is InChI=1S/C8H15NOS/c1-7(2)6-9(3)8(10)4-5-11/h11H,1,4-6H2,2-3H3. The van der Waals surface area contributed by atoms with Gasteiger partial charge in [-0.2, -0.15) is 12.6 Å². The molecule has 0 saturated carbocycles. The van der Waals surface area contributed by atoms with Crippen LogP contribution in [0.4, 0.5) is 0 Å². The molecule has 0 aliphatic carbocycles. The number of amides is 1. The first kappa shape index (κ1) is 10.6. The van der Waals surface area contributed by atoms with Crippen molar-refractivity contribution in [3.63, 3.8) is 0 Å². The minimum absolute atomic E-state index is 0.128. The van der Waals surface area contributed by atoms with Gasteiger partial charge in [-0.25, -0.2) is 0 Å². The van der Waals surface area contributed by atoms with Crippen molar-refractivity contribution in [1.82, 2.24) is 4.90 Å². The molecule has 1 amide bonds. The molecule has 0 atom stereocenters. The van der Waals surface area contributed by atoms with Crippen LogP contribution in [0.2, 0.25) is 0 Å². The molecule has 0 radical (unpaired) electrons. The molecular formula is C8H15NOS. The molecule has 0 aliphatic rings. The summed E-state index contributed by atoms with van der Waals surface area (Å²) in [6.07, 6.45) is 0.507. The van der Waals surface area contributed by atoms with E-state index in [9.17, 15) is 4.79 Å². The minimum Gasteiger partial charge on any atom is -0.342 e. The highest BCUT2D eigenvalue weighted by molar-refractivity contribution is 7.80. The summed E-state index contributed by atoms with van der Waals surface area (Å²) in [5.74, 6) is 0.738. The van der Waals surface area contributed by atoms with Crippen LogP contribution in [-0.4, -0.2) is 30.2 Å². The maximum Gasteiger partial charge on any atom is 0.223 e. The zero-order valence-corrected chi connectivity index (χ0v) is 8.03. The van der Waals surface area contributed by atoms with Gasteiger partial charge in [-0.05, 0) is 12.7 Å². The Morgan fingerprint density at radius 2 is 2.18 bits per heavy atom. The normalized spacial score (nSPS) is 9.36. The number of hydrogen-bond acceptors (Lipinski definition) is 2. The van der Waals surface area contributed by atoms with Gasteiger partial charge in [-0.1, -0.05) is 12.2 Å². The van der Waals surface area contributed by atoms with Crippen LogP contribution in [-0.2, 0) is 4.79 Å². The summed E-state index contributed by atoms with van der Waals surface area (Å²) in [7, 11) is 1.78. The molecule has 0 rings (SSSR count). The van der Waals surface area contributed by atoms with Crippen molar-refractivity contribution in [3.05, 3.63) is 12.2 Å². The van der Waals surface area contributed by atoms with Gasteiger partial charge in [-0.15, -0.1) is 0 Å². The second kappa shape index (κ2) is 5.24. The summed E-state index contributed by atoms with van der Waals surface area (Å²) in [4.78, 5) is 12.8. The van der Waals surface area contributed by atoms with Gasteiger partial charge >= 0.3 is 0 Å². The van der Waals surface area contributed by atoms with Crippen molar-refractivity contribution in [2.45, 2.75) is 13.3 Å². The molecule has 0 N–H and O–H groups in total. The van der Waals surface area contributed by atoms with E-state index in [1.54, 1.807) is 11.9 Å². The average molecular weight is 173 g/mol. The van der Waals surface area contributed by atoms with Gasteiger partial charge < -0.3 is 4.90 Å². The molecule has 0 unspecified atom stereocenters. The Labute approximate surface area is 73.7 Å². The molecule has 0 aromatic rings. The van der Waals surface area contributed by atoms with Gasteiger partial charge in [0.25, 0.3) is 0 Å². The highest BCUT2D eigenvalue weighted by atomic mass is 32.1. The average Bonchev–Trinajstić information content (AvgIpc) is 1.86. The molecule has 11 heavy (non-hydrogen) atoms. The summed E-state index contributed by atoms with van der Waals surface area (Å²) in [5, 5.41) is 0. The van der Waals surface area contributed by atoms with Crippen LogP contribution in [0.15, 0.2) is 12.2 Å². The third kappa shape index (κ3) is 4.90. The van der Waals surface area contributed by atoms with E-state index in [0.717, 1.165) is 5.57 Å². The molecular weight excluding hydrogens is 158 g/mol. The van der Waals surface area contributed by atoms with Crippen molar-refractivity contribution >= 4 is 18.5 Å². The Kier molecular flexibility index (Phi) is 5.03. The maximum absolute atomic E-state index is 11.1. The number of hydrogen-bond donors (Lipinski definition) is 1. The van der Waals surface area contributed by atoms with Gasteiger partial charge in [0.2, 0.25) is 5.91 Å². The molecule has 2 nitrogen and oxygen atoms in total. The van der Waals surface area contributed by atoms with Crippen molar-refractivity contribution in [1.29, 1.82) is 0 Å². The largest absolute Gasteiger partial charge is 0.342 e. The zero-order valence-electron chi connectivity index (χ0n) is 7.13. The Bertz CT molecular complexity index is 156. The predicted molar refractivity (Wildman–Crippen MR) is 50.9 cm³/mol. The van der Waals surface area contributed by atoms with Crippen LogP contribution in [0.1, 0.15) is 13.3 Å². The molecule has 0 aliphatic heterocycles. The molecule has 0 spiro atoms. The number of nitrogens with zero attached hydrogens (tertiary/aromatic N) is 1. The second-order valence-electron chi connectivity index (χ2n) is 2.68. The molecule has 0 saturated heterocycles. The smallest absolute Gasteiger partial charge is 0.223 e. The number of carbonyl (C=O) groups excluding carboxylic acids is 1. The summed E-state index contributed by atoms with van der Waals surface area (Å²) < 4.78 is 0. The van der Waals surface area contributed by atoms with Gasteiger partial charge in [0.15, 0.2) is 0 Å². The Morgan fingerprint density at radius 1 is 1.64 bits per heavy atom. The monoisotopic (exact) mass is 173 g/mol. The fourth-order valence-electron chi connectivity index (χ4n) is 0.780. The van der Waals surface area contributed by atoms with E-state index >= 15 is 0 Å². The second-order valence-corrected chi connectivity index (χ2v) is 3.13. The molecule has 0 aromatic heterocycles. The van der Waals surface area contributed by atoms with Crippen molar-refractivity contribution in [3.8, 4) is 0 Å². The van der Waals surface area contributed by atoms with Gasteiger partial charge in [-0.3, -0.25) is 4.79 Å². The highest BCUT2D eigenvalue weighted by Crippen LogP contribution is 1.96. The van der Waals surface area contributed by atoms with Crippen LogP contribution in [0.25, 0.3) is 0 Å². The van der Waals surface area contributed by atoms with Crippen molar-refractivity contribution in [2.75, 3.05) is 19.3 Å². The Hall–Kier alpha value is -0.440. The SMILES string of the molecule is C=C(C)CN(C)C(=O)CCS. The van der Waals surface area contributed by atoms with Gasteiger partial charge in [0.1, 0.15) is 0 Å². The molecule has 0 bridgehead atoms. The van der Waals surface area contributed by atoms with E-state index in [1.807, 2.05) is 6.92 Å². The lowest BCUT2D eigenvalue weighted by molar-refractivity contribution is -0.129. The van der Waals surface area contributed by atoms with Crippen molar-refractivity contribution < 1.29 is 4.79 Å². The number of thiol groups is 1. The Balaban J connectivity index is 3.73. The quantitative estimate of drug-likeness (QED) is 0.502. The first-order chi connectivity index (χ1) is 5.07. The summed E-state index contributed by atoms with van der Waals surface area (Å²) in [6, 6.07) is 0. The first-order valence-corrected chi connectivity index (χ1v) is 4.20. The van der Waals surface area contributed by atoms with Crippen LogP contribution in [0.3, 0.4) is 0 Å². The van der Waals surface area contributed by atoms with Crippen LogP contribution in [0.5, 0.6) is 0 Å². The summed E-state index contributed by atoms with van der Waals surface area (Å²) >= 11 is 3.98. The lowest BCUT2D eigenvalue weighted by Crippen LogP contribution is -2.28. The molecule has 0 aromatic carbocycles. The molecule has 0 heterocycles. The third-order valence-corrected chi connectivity index (χ3v) is 1.48. The fraction of sp³-hybridized carbons (Fsp3) is 0.625. The zero-order chi connectivity index (χ0) is 8.85. The van der Waals surface area contributed by atoms with Crippen LogP contribution < -0.4 is 0 Å². The lowest BCUT2D eigenvalue weighted by Gasteiger charge is -2.16. The van der Waals surface area contributed by atoms with E-state index in [-0.39, 0.29) is 5.91 Å². The van der Waals surface area contributed by atoms with E-state index in [1.165, 1.54) is 0 Å². The van der Waals surface area contributed by atoms with Crippen LogP contribution >= 0.6 is 12.6 Å². The van der Waals surface area contributed by atoms with E-state index in [4.69, 9.17) is 0 Å². The topological polar surface area (TPSA) is 20.3 Å². The number of rotatable bonds is 4. The first-order valence-electron chi connectivity index (χ1n) is 3.57. The number of carbonyl (C=O) groups is 1. The Morgan fingerprint density at radius 3 is 2.55 bits per heavy atom. The van der Waals surface area contributed by atoms with E-state index < -0.39 is 0 Å². The molecule has 0 fully saturated rings. The predicted octanol–water partition coefficient (Wildman–Crippen LogP) is 1.34.